The lowest BCUT2D eigenvalue weighted by Crippen LogP contribution is -2.53. The van der Waals surface area contributed by atoms with Crippen molar-refractivity contribution in [3.63, 3.8) is 0 Å². The molecule has 1 unspecified atom stereocenters. The van der Waals surface area contributed by atoms with E-state index in [9.17, 15) is 4.79 Å². The van der Waals surface area contributed by atoms with Crippen LogP contribution in [-0.4, -0.2) is 36.5 Å². The van der Waals surface area contributed by atoms with Crippen LogP contribution >= 0.6 is 0 Å². The smallest absolute Gasteiger partial charge is 0.250 e. The van der Waals surface area contributed by atoms with Gasteiger partial charge in [-0.3, -0.25) is 4.79 Å². The first-order valence-electron chi connectivity index (χ1n) is 5.28. The summed E-state index contributed by atoms with van der Waals surface area (Å²) in [7, 11) is 0. The van der Waals surface area contributed by atoms with E-state index in [1.165, 1.54) is 0 Å². The molecule has 1 saturated heterocycles. The van der Waals surface area contributed by atoms with E-state index in [0.29, 0.717) is 13.1 Å². The number of carbonyl (C=O) groups excluding carboxylic acids is 1. The highest BCUT2D eigenvalue weighted by Crippen LogP contribution is 2.08. The Morgan fingerprint density at radius 3 is 3.07 bits per heavy atom. The average molecular weight is 207 g/mol. The van der Waals surface area contributed by atoms with Gasteiger partial charge in [0.15, 0.2) is 0 Å². The maximum Gasteiger partial charge on any atom is 0.250 e. The molecule has 0 spiro atoms. The molecular weight excluding hydrogens is 190 g/mol. The maximum absolute atomic E-state index is 11.9. The molecule has 1 fully saturated rings. The van der Waals surface area contributed by atoms with Crippen LogP contribution in [0.4, 0.5) is 0 Å². The van der Waals surface area contributed by atoms with Crippen molar-refractivity contribution < 1.29 is 4.79 Å². The zero-order chi connectivity index (χ0) is 11.3. The molecule has 1 amide bonds. The SMILES string of the molecule is CCC=C(C)C(=O)N1CCNCC1C#N. The fourth-order valence-corrected chi connectivity index (χ4v) is 1.68. The number of nitrogens with zero attached hydrogens (tertiary/aromatic N) is 2. The molecule has 4 nitrogen and oxygen atoms in total. The van der Waals surface area contributed by atoms with Gasteiger partial charge in [-0.15, -0.1) is 0 Å². The summed E-state index contributed by atoms with van der Waals surface area (Å²) in [4.78, 5) is 13.6. The zero-order valence-corrected chi connectivity index (χ0v) is 9.29. The summed E-state index contributed by atoms with van der Waals surface area (Å²) in [5, 5.41) is 12.0. The Balaban J connectivity index is 2.73. The highest BCUT2D eigenvalue weighted by Gasteiger charge is 2.26. The summed E-state index contributed by atoms with van der Waals surface area (Å²) in [5.74, 6) is -0.00935. The molecule has 0 saturated carbocycles. The average Bonchev–Trinajstić information content (AvgIpc) is 2.28. The molecule has 1 atom stereocenters. The Bertz CT molecular complexity index is 303. The van der Waals surface area contributed by atoms with Crippen LogP contribution in [0.5, 0.6) is 0 Å². The molecular formula is C11H17N3O. The van der Waals surface area contributed by atoms with Gasteiger partial charge in [0.2, 0.25) is 5.91 Å². The topological polar surface area (TPSA) is 56.1 Å². The van der Waals surface area contributed by atoms with Crippen molar-refractivity contribution in [2.24, 2.45) is 0 Å². The van der Waals surface area contributed by atoms with E-state index in [0.717, 1.165) is 18.5 Å². The lowest BCUT2D eigenvalue weighted by Gasteiger charge is -2.32. The van der Waals surface area contributed by atoms with Crippen molar-refractivity contribution in [1.82, 2.24) is 10.2 Å². The van der Waals surface area contributed by atoms with Gasteiger partial charge < -0.3 is 10.2 Å². The first-order chi connectivity index (χ1) is 7.20. The van der Waals surface area contributed by atoms with E-state index in [1.807, 2.05) is 19.9 Å². The van der Waals surface area contributed by atoms with Gasteiger partial charge in [0.1, 0.15) is 6.04 Å². The largest absolute Gasteiger partial charge is 0.320 e. The third kappa shape index (κ3) is 2.80. The summed E-state index contributed by atoms with van der Waals surface area (Å²) in [6.07, 6.45) is 2.75. The van der Waals surface area contributed by atoms with Crippen molar-refractivity contribution in [3.05, 3.63) is 11.6 Å². The summed E-state index contributed by atoms with van der Waals surface area (Å²) in [5.41, 5.74) is 0.736. The molecule has 1 N–H and O–H groups in total. The van der Waals surface area contributed by atoms with E-state index in [2.05, 4.69) is 11.4 Å². The highest BCUT2D eigenvalue weighted by molar-refractivity contribution is 5.93. The molecule has 4 heteroatoms. The first-order valence-corrected chi connectivity index (χ1v) is 5.28. The molecule has 1 aliphatic rings. The van der Waals surface area contributed by atoms with Crippen molar-refractivity contribution in [1.29, 1.82) is 5.26 Å². The van der Waals surface area contributed by atoms with Crippen molar-refractivity contribution >= 4 is 5.91 Å². The number of nitriles is 1. The first kappa shape index (κ1) is 11.7. The van der Waals surface area contributed by atoms with Crippen LogP contribution in [0.3, 0.4) is 0 Å². The van der Waals surface area contributed by atoms with Gasteiger partial charge >= 0.3 is 0 Å². The number of amides is 1. The van der Waals surface area contributed by atoms with Crippen molar-refractivity contribution in [2.75, 3.05) is 19.6 Å². The predicted octanol–water partition coefficient (Wildman–Crippen LogP) is 0.667. The molecule has 0 aromatic carbocycles. The number of piperazine rings is 1. The number of rotatable bonds is 2. The molecule has 0 bridgehead atoms. The number of nitrogens with one attached hydrogen (secondary N) is 1. The standard InChI is InChI=1S/C11H17N3O/c1-3-4-9(2)11(15)14-6-5-13-8-10(14)7-12/h4,10,13H,3,5-6,8H2,1-2H3. The van der Waals surface area contributed by atoms with Gasteiger partial charge in [-0.1, -0.05) is 13.0 Å². The van der Waals surface area contributed by atoms with E-state index in [-0.39, 0.29) is 11.9 Å². The van der Waals surface area contributed by atoms with Gasteiger partial charge in [-0.2, -0.15) is 5.26 Å². The van der Waals surface area contributed by atoms with E-state index in [1.54, 1.807) is 4.90 Å². The Hall–Kier alpha value is -1.34. The van der Waals surface area contributed by atoms with Crippen molar-refractivity contribution in [3.8, 4) is 6.07 Å². The lowest BCUT2D eigenvalue weighted by molar-refractivity contribution is -0.129. The summed E-state index contributed by atoms with van der Waals surface area (Å²) in [6, 6.07) is 1.82. The molecule has 1 aliphatic heterocycles. The molecule has 0 aliphatic carbocycles. The molecule has 1 rings (SSSR count). The summed E-state index contributed by atoms with van der Waals surface area (Å²) >= 11 is 0. The summed E-state index contributed by atoms with van der Waals surface area (Å²) in [6.45, 7) is 5.76. The van der Waals surface area contributed by atoms with Crippen LogP contribution in [0.2, 0.25) is 0 Å². The van der Waals surface area contributed by atoms with Crippen LogP contribution in [-0.2, 0) is 4.79 Å². The Morgan fingerprint density at radius 2 is 2.47 bits per heavy atom. The van der Waals surface area contributed by atoms with E-state index >= 15 is 0 Å². The van der Waals surface area contributed by atoms with Gasteiger partial charge in [0.05, 0.1) is 6.07 Å². The fraction of sp³-hybridized carbons (Fsp3) is 0.636. The van der Waals surface area contributed by atoms with Crippen LogP contribution in [0.25, 0.3) is 0 Å². The van der Waals surface area contributed by atoms with Gasteiger partial charge in [-0.05, 0) is 13.3 Å². The predicted molar refractivity (Wildman–Crippen MR) is 58.0 cm³/mol. The second-order valence-corrected chi connectivity index (χ2v) is 3.64. The fourth-order valence-electron chi connectivity index (χ4n) is 1.68. The minimum Gasteiger partial charge on any atom is -0.320 e. The molecule has 15 heavy (non-hydrogen) atoms. The third-order valence-electron chi connectivity index (χ3n) is 2.50. The second-order valence-electron chi connectivity index (χ2n) is 3.64. The third-order valence-corrected chi connectivity index (χ3v) is 2.50. The monoisotopic (exact) mass is 207 g/mol. The summed E-state index contributed by atoms with van der Waals surface area (Å²) < 4.78 is 0. The maximum atomic E-state index is 11.9. The number of hydrogen-bond donors (Lipinski definition) is 1. The number of allylic oxidation sites excluding steroid dienone is 1. The second kappa shape index (κ2) is 5.52. The van der Waals surface area contributed by atoms with Crippen LogP contribution in [0, 0.1) is 11.3 Å². The van der Waals surface area contributed by atoms with Crippen molar-refractivity contribution in [2.45, 2.75) is 26.3 Å². The molecule has 0 aromatic rings. The minimum atomic E-state index is -0.327. The normalized spacial score (nSPS) is 22.3. The molecule has 82 valence electrons. The van der Waals surface area contributed by atoms with E-state index < -0.39 is 0 Å². The van der Waals surface area contributed by atoms with Gasteiger partial charge in [0, 0.05) is 25.2 Å². The van der Waals surface area contributed by atoms with Crippen LogP contribution in [0.15, 0.2) is 11.6 Å². The number of hydrogen-bond acceptors (Lipinski definition) is 3. The van der Waals surface area contributed by atoms with E-state index in [4.69, 9.17) is 5.26 Å². The van der Waals surface area contributed by atoms with Crippen LogP contribution in [0.1, 0.15) is 20.3 Å². The van der Waals surface area contributed by atoms with Gasteiger partial charge in [0.25, 0.3) is 0 Å². The van der Waals surface area contributed by atoms with Gasteiger partial charge in [-0.25, -0.2) is 0 Å². The Morgan fingerprint density at radius 1 is 1.73 bits per heavy atom. The highest BCUT2D eigenvalue weighted by atomic mass is 16.2. The number of carbonyl (C=O) groups is 1. The quantitative estimate of drug-likeness (QED) is 0.677. The molecule has 0 radical (unpaired) electrons. The minimum absolute atomic E-state index is 0.00935. The van der Waals surface area contributed by atoms with Crippen LogP contribution < -0.4 is 5.32 Å². The zero-order valence-electron chi connectivity index (χ0n) is 9.29. The Labute approximate surface area is 90.6 Å². The molecule has 0 aromatic heterocycles. The Kier molecular flexibility index (Phi) is 4.32. The lowest BCUT2D eigenvalue weighted by atomic mass is 10.1. The molecule has 1 heterocycles.